The molecule has 2 heteroatoms. The van der Waals surface area contributed by atoms with Gasteiger partial charge >= 0.3 is 11.5 Å². The molecule has 0 bridgehead atoms. The van der Waals surface area contributed by atoms with Gasteiger partial charge in [0, 0.05) is 40.7 Å². The Morgan fingerprint density at radius 2 is 0.821 bits per heavy atom. The minimum absolute atomic E-state index is 0.0450. The van der Waals surface area contributed by atoms with Gasteiger partial charge in [0.15, 0.2) is 11.4 Å². The highest BCUT2D eigenvalue weighted by atomic mass is 16.3. The van der Waals surface area contributed by atoms with E-state index in [0.717, 1.165) is 11.5 Å². The van der Waals surface area contributed by atoms with E-state index < -0.39 is 0 Å². The van der Waals surface area contributed by atoms with Crippen LogP contribution in [0.15, 0.2) is 28.7 Å². The van der Waals surface area contributed by atoms with Crippen LogP contribution in [0.1, 0.15) is 106 Å². The Morgan fingerprint density at radius 1 is 0.500 bits per heavy atom. The van der Waals surface area contributed by atoms with Gasteiger partial charge in [0.05, 0.1) is 10.8 Å². The van der Waals surface area contributed by atoms with E-state index in [1.807, 2.05) is 0 Å². The maximum absolute atomic E-state index is 6.36. The summed E-state index contributed by atoms with van der Waals surface area (Å²) in [5.41, 5.74) is 5.00. The molecular formula is C26H41NO+2. The molecule has 2 aromatic heterocycles. The number of pyridine rings is 1. The predicted octanol–water partition coefficient (Wildman–Crippen LogP) is 7.23. The van der Waals surface area contributed by atoms with Crippen molar-refractivity contribution in [3.8, 4) is 11.1 Å². The van der Waals surface area contributed by atoms with Gasteiger partial charge in [-0.3, -0.25) is 0 Å². The SMILES string of the molecule is CC(C)(C)c1cc(-c2cc(C(C)(C)C)[o+]c(C(C)(C)C)c2)cc(C(C)(C)C)[nH+]1. The number of hydrogen-bond donors (Lipinski definition) is 0. The largest absolute Gasteiger partial charge is 0.335 e. The zero-order valence-corrected chi connectivity index (χ0v) is 20.2. The molecule has 0 atom stereocenters. The van der Waals surface area contributed by atoms with E-state index in [4.69, 9.17) is 4.42 Å². The van der Waals surface area contributed by atoms with Crippen molar-refractivity contribution in [1.29, 1.82) is 0 Å². The molecule has 1 N–H and O–H groups in total. The first kappa shape index (κ1) is 22.6. The molecule has 2 rings (SSSR count). The molecule has 2 nitrogen and oxygen atoms in total. The zero-order chi connectivity index (χ0) is 21.7. The average Bonchev–Trinajstić information content (AvgIpc) is 2.50. The fraction of sp³-hybridized carbons (Fsp3) is 0.615. The van der Waals surface area contributed by atoms with Crippen LogP contribution < -0.4 is 4.98 Å². The molecule has 0 unspecified atom stereocenters. The quantitative estimate of drug-likeness (QED) is 0.477. The Morgan fingerprint density at radius 3 is 1.11 bits per heavy atom. The minimum Gasteiger partial charge on any atom is -0.217 e. The summed E-state index contributed by atoms with van der Waals surface area (Å²) in [5.74, 6) is 2.05. The standard InChI is InChI=1S/C26H40NO/c1-23(2,3)19-13-17(14-20(27-19)24(4,5)6)18-15-21(25(7,8)9)28-22(16-18)26(10,11)12/h13-16H,1-12H3/q+1/p+1. The molecule has 0 aromatic carbocycles. The fourth-order valence-corrected chi connectivity index (χ4v) is 2.95. The number of hydrogen-bond acceptors (Lipinski definition) is 0. The van der Waals surface area contributed by atoms with E-state index >= 15 is 0 Å². The second-order valence-corrected chi connectivity index (χ2v) is 12.3. The molecule has 0 spiro atoms. The van der Waals surface area contributed by atoms with Gasteiger partial charge in [-0.2, -0.15) is 0 Å². The van der Waals surface area contributed by atoms with Crippen LogP contribution in [0.2, 0.25) is 0 Å². The van der Waals surface area contributed by atoms with Crippen molar-refractivity contribution in [2.24, 2.45) is 0 Å². The van der Waals surface area contributed by atoms with Gasteiger partial charge < -0.3 is 0 Å². The molecular weight excluding hydrogens is 342 g/mol. The molecule has 2 heterocycles. The summed E-state index contributed by atoms with van der Waals surface area (Å²) in [6.07, 6.45) is 0. The summed E-state index contributed by atoms with van der Waals surface area (Å²) >= 11 is 0. The van der Waals surface area contributed by atoms with Crippen LogP contribution in [-0.4, -0.2) is 0 Å². The van der Waals surface area contributed by atoms with Crippen molar-refractivity contribution >= 4 is 0 Å². The Bertz CT molecular complexity index is 712. The number of nitrogens with one attached hydrogen (secondary N) is 1. The lowest BCUT2D eigenvalue weighted by Gasteiger charge is -2.20. The van der Waals surface area contributed by atoms with Gasteiger partial charge in [0.25, 0.3) is 0 Å². The first-order valence-corrected chi connectivity index (χ1v) is 10.5. The van der Waals surface area contributed by atoms with Crippen molar-refractivity contribution in [2.75, 3.05) is 0 Å². The molecule has 0 fully saturated rings. The maximum Gasteiger partial charge on any atom is 0.335 e. The van der Waals surface area contributed by atoms with Crippen LogP contribution in [0.25, 0.3) is 11.1 Å². The van der Waals surface area contributed by atoms with Crippen molar-refractivity contribution in [3.63, 3.8) is 0 Å². The Kier molecular flexibility index (Phi) is 5.62. The van der Waals surface area contributed by atoms with E-state index in [9.17, 15) is 0 Å². The highest BCUT2D eigenvalue weighted by Crippen LogP contribution is 2.35. The molecule has 2 aromatic rings. The van der Waals surface area contributed by atoms with Gasteiger partial charge in [-0.05, 0) is 47.1 Å². The molecule has 0 saturated carbocycles. The van der Waals surface area contributed by atoms with Crippen molar-refractivity contribution in [2.45, 2.75) is 105 Å². The van der Waals surface area contributed by atoms with E-state index in [2.05, 4.69) is 112 Å². The molecule has 0 radical (unpaired) electrons. The van der Waals surface area contributed by atoms with Crippen molar-refractivity contribution in [1.82, 2.24) is 0 Å². The summed E-state index contributed by atoms with van der Waals surface area (Å²) in [6, 6.07) is 9.07. The Hall–Kier alpha value is -1.70. The van der Waals surface area contributed by atoms with Crippen LogP contribution in [0.4, 0.5) is 0 Å². The monoisotopic (exact) mass is 383 g/mol. The first-order chi connectivity index (χ1) is 12.4. The van der Waals surface area contributed by atoms with Crippen LogP contribution in [-0.2, 0) is 21.7 Å². The lowest BCUT2D eigenvalue weighted by atomic mass is 9.84. The lowest BCUT2D eigenvalue weighted by Crippen LogP contribution is -2.32. The highest BCUT2D eigenvalue weighted by molar-refractivity contribution is 5.65. The summed E-state index contributed by atoms with van der Waals surface area (Å²) in [5, 5.41) is 0. The van der Waals surface area contributed by atoms with Gasteiger partial charge in [-0.1, -0.05) is 41.5 Å². The van der Waals surface area contributed by atoms with E-state index in [-0.39, 0.29) is 21.7 Å². The third-order valence-corrected chi connectivity index (χ3v) is 5.09. The minimum atomic E-state index is -0.0450. The van der Waals surface area contributed by atoms with Crippen LogP contribution in [0, 0.1) is 0 Å². The smallest absolute Gasteiger partial charge is 0.217 e. The van der Waals surface area contributed by atoms with E-state index in [0.29, 0.717) is 0 Å². The molecule has 0 saturated heterocycles. The molecule has 0 aliphatic carbocycles. The molecule has 0 aliphatic heterocycles. The number of rotatable bonds is 1. The Labute approximate surface area is 172 Å². The van der Waals surface area contributed by atoms with Crippen molar-refractivity contribution in [3.05, 3.63) is 47.2 Å². The normalized spacial score (nSPS) is 13.7. The van der Waals surface area contributed by atoms with Gasteiger partial charge in [-0.25, -0.2) is 9.40 Å². The van der Waals surface area contributed by atoms with Gasteiger partial charge in [0.1, 0.15) is 0 Å². The van der Waals surface area contributed by atoms with E-state index in [1.165, 1.54) is 22.5 Å². The van der Waals surface area contributed by atoms with Crippen LogP contribution in [0.3, 0.4) is 0 Å². The highest BCUT2D eigenvalue weighted by Gasteiger charge is 2.35. The fourth-order valence-electron chi connectivity index (χ4n) is 2.95. The lowest BCUT2D eigenvalue weighted by molar-refractivity contribution is -0.414. The van der Waals surface area contributed by atoms with Crippen molar-refractivity contribution < 1.29 is 9.40 Å². The van der Waals surface area contributed by atoms with E-state index in [1.54, 1.807) is 0 Å². The molecule has 28 heavy (non-hydrogen) atoms. The topological polar surface area (TPSA) is 25.4 Å². The average molecular weight is 384 g/mol. The zero-order valence-electron chi connectivity index (χ0n) is 20.2. The van der Waals surface area contributed by atoms with Gasteiger partial charge in [-0.15, -0.1) is 0 Å². The Balaban J connectivity index is 2.83. The number of aromatic nitrogens is 1. The summed E-state index contributed by atoms with van der Waals surface area (Å²) in [4.78, 5) is 3.70. The third kappa shape index (κ3) is 5.21. The summed E-state index contributed by atoms with van der Waals surface area (Å²) in [7, 11) is 0. The predicted molar refractivity (Wildman–Crippen MR) is 120 cm³/mol. The maximum atomic E-state index is 6.36. The summed E-state index contributed by atoms with van der Waals surface area (Å²) < 4.78 is 6.36. The molecule has 0 aliphatic rings. The number of aromatic amines is 1. The van der Waals surface area contributed by atoms with Crippen LogP contribution >= 0.6 is 0 Å². The van der Waals surface area contributed by atoms with Crippen LogP contribution in [0.5, 0.6) is 0 Å². The number of H-pyrrole nitrogens is 1. The first-order valence-electron chi connectivity index (χ1n) is 10.5. The second kappa shape index (κ2) is 6.97. The molecule has 0 amide bonds. The molecule has 154 valence electrons. The van der Waals surface area contributed by atoms with Gasteiger partial charge in [0.2, 0.25) is 0 Å². The summed E-state index contributed by atoms with van der Waals surface area (Å²) in [6.45, 7) is 26.8. The third-order valence-electron chi connectivity index (χ3n) is 5.09. The second-order valence-electron chi connectivity index (χ2n) is 12.3.